The molecule has 26 heavy (non-hydrogen) atoms. The smallest absolute Gasteiger partial charge is 0.261 e. The topological polar surface area (TPSA) is 71.3 Å². The molecule has 1 N–H and O–H groups in total. The molecule has 2 heterocycles. The molecule has 0 radical (unpaired) electrons. The fourth-order valence-electron chi connectivity index (χ4n) is 2.86. The Balaban J connectivity index is 1.82. The molecule has 0 aliphatic rings. The van der Waals surface area contributed by atoms with Gasteiger partial charge in [-0.05, 0) is 57.2 Å². The minimum Gasteiger partial charge on any atom is -0.372 e. The van der Waals surface area contributed by atoms with Gasteiger partial charge in [0.2, 0.25) is 0 Å². The molecule has 1 aromatic carbocycles. The number of pyridine rings is 1. The van der Waals surface area contributed by atoms with E-state index < -0.39 is 0 Å². The monoisotopic (exact) mass is 350 g/mol. The van der Waals surface area contributed by atoms with Gasteiger partial charge in [0.15, 0.2) is 0 Å². The average Bonchev–Trinajstić information content (AvgIpc) is 3.06. The Morgan fingerprint density at radius 1 is 1.12 bits per heavy atom. The number of nitrogens with zero attached hydrogens (tertiary/aromatic N) is 3. The number of hydrogen-bond donors (Lipinski definition) is 1. The summed E-state index contributed by atoms with van der Waals surface area (Å²) in [6.07, 6.45) is 1.66. The zero-order valence-corrected chi connectivity index (χ0v) is 15.2. The molecule has 134 valence electrons. The Labute approximate surface area is 152 Å². The lowest BCUT2D eigenvalue weighted by Crippen LogP contribution is -2.21. The van der Waals surface area contributed by atoms with Gasteiger partial charge < -0.3 is 14.7 Å². The summed E-state index contributed by atoms with van der Waals surface area (Å²) >= 11 is 0. The third-order valence-corrected chi connectivity index (χ3v) is 4.25. The first-order valence-corrected chi connectivity index (χ1v) is 8.68. The van der Waals surface area contributed by atoms with Gasteiger partial charge in [0.1, 0.15) is 17.0 Å². The molecule has 0 spiro atoms. The van der Waals surface area contributed by atoms with E-state index in [0.29, 0.717) is 22.7 Å². The number of benzene rings is 1. The van der Waals surface area contributed by atoms with Gasteiger partial charge >= 0.3 is 0 Å². The van der Waals surface area contributed by atoms with Crippen molar-refractivity contribution in [1.82, 2.24) is 10.1 Å². The van der Waals surface area contributed by atoms with Crippen molar-refractivity contribution in [2.45, 2.75) is 20.8 Å². The first-order chi connectivity index (χ1) is 12.6. The second-order valence-corrected chi connectivity index (χ2v) is 5.85. The maximum Gasteiger partial charge on any atom is 0.261 e. The molecule has 3 aromatic rings. The van der Waals surface area contributed by atoms with Gasteiger partial charge in [0.25, 0.3) is 5.91 Å². The van der Waals surface area contributed by atoms with Crippen molar-refractivity contribution in [1.29, 1.82) is 0 Å². The van der Waals surface area contributed by atoms with Gasteiger partial charge in [-0.15, -0.1) is 0 Å². The van der Waals surface area contributed by atoms with Gasteiger partial charge in [-0.2, -0.15) is 0 Å². The highest BCUT2D eigenvalue weighted by atomic mass is 16.5. The summed E-state index contributed by atoms with van der Waals surface area (Å²) in [7, 11) is 0. The van der Waals surface area contributed by atoms with Crippen LogP contribution >= 0.6 is 0 Å². The van der Waals surface area contributed by atoms with Crippen molar-refractivity contribution in [2.24, 2.45) is 0 Å². The van der Waals surface area contributed by atoms with E-state index in [-0.39, 0.29) is 5.91 Å². The van der Waals surface area contributed by atoms with Crippen LogP contribution in [0.5, 0.6) is 0 Å². The van der Waals surface area contributed by atoms with Crippen LogP contribution in [0.3, 0.4) is 0 Å². The third kappa shape index (κ3) is 3.59. The number of hydrogen-bond acceptors (Lipinski definition) is 5. The molecule has 6 heteroatoms. The number of anilines is 2. The summed E-state index contributed by atoms with van der Waals surface area (Å²) in [4.78, 5) is 19.3. The number of carbonyl (C=O) groups is 1. The van der Waals surface area contributed by atoms with E-state index in [2.05, 4.69) is 34.2 Å². The molecular formula is C20H22N4O2. The van der Waals surface area contributed by atoms with Gasteiger partial charge in [-0.1, -0.05) is 11.2 Å². The Morgan fingerprint density at radius 3 is 2.46 bits per heavy atom. The van der Waals surface area contributed by atoms with Crippen LogP contribution in [0, 0.1) is 6.92 Å². The Kier molecular flexibility index (Phi) is 5.31. The zero-order chi connectivity index (χ0) is 18.5. The normalized spacial score (nSPS) is 10.6. The molecule has 0 unspecified atom stereocenters. The maximum absolute atomic E-state index is 12.8. The zero-order valence-electron chi connectivity index (χ0n) is 15.2. The number of nitrogens with one attached hydrogen (secondary N) is 1. The third-order valence-electron chi connectivity index (χ3n) is 4.25. The highest BCUT2D eigenvalue weighted by Gasteiger charge is 2.22. The Morgan fingerprint density at radius 2 is 1.85 bits per heavy atom. The highest BCUT2D eigenvalue weighted by Crippen LogP contribution is 2.25. The lowest BCUT2D eigenvalue weighted by molar-refractivity contribution is 0.102. The Hall–Kier alpha value is -3.15. The summed E-state index contributed by atoms with van der Waals surface area (Å²) in [6, 6.07) is 13.3. The van der Waals surface area contributed by atoms with Crippen molar-refractivity contribution >= 4 is 17.3 Å². The van der Waals surface area contributed by atoms with Crippen molar-refractivity contribution < 1.29 is 9.32 Å². The predicted molar refractivity (Wildman–Crippen MR) is 102 cm³/mol. The lowest BCUT2D eigenvalue weighted by atomic mass is 10.1. The quantitative estimate of drug-likeness (QED) is 0.723. The summed E-state index contributed by atoms with van der Waals surface area (Å²) in [5.74, 6) is 0.197. The van der Waals surface area contributed by atoms with Crippen LogP contribution in [-0.4, -0.2) is 29.1 Å². The summed E-state index contributed by atoms with van der Waals surface area (Å²) in [5.41, 5.74) is 3.30. The van der Waals surface area contributed by atoms with Gasteiger partial charge in [-0.25, -0.2) is 0 Å². The number of rotatable bonds is 6. The summed E-state index contributed by atoms with van der Waals surface area (Å²) in [6.45, 7) is 7.84. The van der Waals surface area contributed by atoms with Crippen LogP contribution in [0.1, 0.15) is 30.0 Å². The van der Waals surface area contributed by atoms with E-state index in [4.69, 9.17) is 4.52 Å². The summed E-state index contributed by atoms with van der Waals surface area (Å²) < 4.78 is 5.23. The largest absolute Gasteiger partial charge is 0.372 e. The van der Waals surface area contributed by atoms with Crippen molar-refractivity contribution in [3.05, 3.63) is 60.0 Å². The maximum atomic E-state index is 12.8. The van der Waals surface area contributed by atoms with Crippen LogP contribution in [0.4, 0.5) is 11.4 Å². The van der Waals surface area contributed by atoms with Crippen molar-refractivity contribution in [2.75, 3.05) is 23.3 Å². The molecule has 0 fully saturated rings. The minimum absolute atomic E-state index is 0.264. The summed E-state index contributed by atoms with van der Waals surface area (Å²) in [5, 5.41) is 6.92. The molecule has 0 aliphatic carbocycles. The molecule has 1 amide bonds. The second kappa shape index (κ2) is 7.82. The van der Waals surface area contributed by atoms with Gasteiger partial charge in [0, 0.05) is 30.7 Å². The van der Waals surface area contributed by atoms with Gasteiger partial charge in [0.05, 0.1) is 5.69 Å². The predicted octanol–water partition coefficient (Wildman–Crippen LogP) is 4.14. The SMILES string of the molecule is CCN(CC)c1ccc(NC(=O)c2c(-c3ccccn3)noc2C)cc1. The van der Waals surface area contributed by atoms with Crippen LogP contribution < -0.4 is 10.2 Å². The Bertz CT molecular complexity index is 869. The minimum atomic E-state index is -0.264. The van der Waals surface area contributed by atoms with E-state index >= 15 is 0 Å². The number of amides is 1. The number of carbonyl (C=O) groups excluding carboxylic acids is 1. The van der Waals surface area contributed by atoms with Crippen LogP contribution in [0.15, 0.2) is 53.2 Å². The van der Waals surface area contributed by atoms with E-state index in [0.717, 1.165) is 24.5 Å². The number of aromatic nitrogens is 2. The molecule has 0 atom stereocenters. The van der Waals surface area contributed by atoms with Crippen LogP contribution in [0.2, 0.25) is 0 Å². The number of aryl methyl sites for hydroxylation is 1. The van der Waals surface area contributed by atoms with E-state index in [1.54, 1.807) is 19.2 Å². The molecule has 0 saturated heterocycles. The first-order valence-electron chi connectivity index (χ1n) is 8.68. The highest BCUT2D eigenvalue weighted by molar-refractivity contribution is 6.08. The molecule has 0 bridgehead atoms. The molecule has 3 rings (SSSR count). The molecule has 0 saturated carbocycles. The van der Waals surface area contributed by atoms with E-state index in [9.17, 15) is 4.79 Å². The van der Waals surface area contributed by atoms with E-state index in [1.807, 2.05) is 36.4 Å². The van der Waals surface area contributed by atoms with Crippen LogP contribution in [0.25, 0.3) is 11.4 Å². The molecule has 6 nitrogen and oxygen atoms in total. The van der Waals surface area contributed by atoms with Crippen molar-refractivity contribution in [3.8, 4) is 11.4 Å². The van der Waals surface area contributed by atoms with Gasteiger partial charge in [-0.3, -0.25) is 9.78 Å². The molecular weight excluding hydrogens is 328 g/mol. The molecule has 2 aromatic heterocycles. The lowest BCUT2D eigenvalue weighted by Gasteiger charge is -2.21. The van der Waals surface area contributed by atoms with E-state index in [1.165, 1.54) is 0 Å². The first kappa shape index (κ1) is 17.7. The second-order valence-electron chi connectivity index (χ2n) is 5.85. The fourth-order valence-corrected chi connectivity index (χ4v) is 2.86. The molecule has 0 aliphatic heterocycles. The average molecular weight is 350 g/mol. The van der Waals surface area contributed by atoms with Crippen molar-refractivity contribution in [3.63, 3.8) is 0 Å². The fraction of sp³-hybridized carbons (Fsp3) is 0.250. The standard InChI is InChI=1S/C20H22N4O2/c1-4-24(5-2)16-11-9-15(10-12-16)22-20(25)18-14(3)26-23-19(18)17-8-6-7-13-21-17/h6-13H,4-5H2,1-3H3,(H,22,25). The van der Waals surface area contributed by atoms with Crippen LogP contribution in [-0.2, 0) is 0 Å².